The highest BCUT2D eigenvalue weighted by Gasteiger charge is 2.23. The molecular weight excluding hydrogens is 306 g/mol. The van der Waals surface area contributed by atoms with E-state index in [2.05, 4.69) is 31.8 Å². The molecule has 3 heterocycles. The van der Waals surface area contributed by atoms with E-state index in [1.807, 2.05) is 6.92 Å². The molecule has 1 unspecified atom stereocenters. The Bertz CT molecular complexity index is 493. The van der Waals surface area contributed by atoms with Gasteiger partial charge in [0.2, 0.25) is 5.89 Å². The summed E-state index contributed by atoms with van der Waals surface area (Å²) in [5.41, 5.74) is 0. The molecule has 1 aromatic heterocycles. The molecule has 0 amide bonds. The van der Waals surface area contributed by atoms with Crippen LogP contribution in [0.2, 0.25) is 0 Å². The number of aliphatic hydroxyl groups is 1. The van der Waals surface area contributed by atoms with Gasteiger partial charge >= 0.3 is 0 Å². The number of aliphatic hydroxyl groups excluding tert-OH is 1. The Morgan fingerprint density at radius 1 is 1.04 bits per heavy atom. The Morgan fingerprint density at radius 2 is 1.62 bits per heavy atom. The first-order chi connectivity index (χ1) is 11.6. The number of hydrogen-bond acceptors (Lipinski definition) is 7. The van der Waals surface area contributed by atoms with Crippen LogP contribution >= 0.6 is 0 Å². The van der Waals surface area contributed by atoms with E-state index >= 15 is 0 Å². The van der Waals surface area contributed by atoms with E-state index in [-0.39, 0.29) is 6.10 Å². The van der Waals surface area contributed by atoms with Gasteiger partial charge < -0.3 is 14.5 Å². The van der Waals surface area contributed by atoms with Gasteiger partial charge in [-0.15, -0.1) is 0 Å². The predicted molar refractivity (Wildman–Crippen MR) is 91.6 cm³/mol. The van der Waals surface area contributed by atoms with E-state index in [4.69, 9.17) is 4.52 Å². The number of nitrogens with zero attached hydrogens (tertiary/aromatic N) is 5. The number of piperazine rings is 1. The Morgan fingerprint density at radius 3 is 2.21 bits per heavy atom. The van der Waals surface area contributed by atoms with E-state index in [0.29, 0.717) is 5.89 Å². The van der Waals surface area contributed by atoms with Crippen LogP contribution in [0.4, 0.5) is 0 Å². The van der Waals surface area contributed by atoms with Gasteiger partial charge in [-0.05, 0) is 31.8 Å². The van der Waals surface area contributed by atoms with E-state index < -0.39 is 0 Å². The SMILES string of the molecule is Cc1nc(CN2CCN(CC(O)CN3CCC(C)CC3)CC2)no1. The molecule has 1 atom stereocenters. The Labute approximate surface area is 144 Å². The summed E-state index contributed by atoms with van der Waals surface area (Å²) in [6, 6.07) is 0. The quantitative estimate of drug-likeness (QED) is 0.815. The second-order valence-electron chi connectivity index (χ2n) is 7.44. The Kier molecular flexibility index (Phi) is 6.21. The molecule has 2 fully saturated rings. The fourth-order valence-corrected chi connectivity index (χ4v) is 3.63. The van der Waals surface area contributed by atoms with Gasteiger partial charge in [0, 0.05) is 46.2 Å². The highest BCUT2D eigenvalue weighted by Crippen LogP contribution is 2.16. The second-order valence-corrected chi connectivity index (χ2v) is 7.44. The minimum atomic E-state index is -0.246. The molecule has 2 saturated heterocycles. The highest BCUT2D eigenvalue weighted by molar-refractivity contribution is 4.86. The number of β-amino-alcohol motifs (C(OH)–C–C–N with tert-alkyl or cyclic N) is 1. The first-order valence-corrected chi connectivity index (χ1v) is 9.23. The van der Waals surface area contributed by atoms with Crippen molar-refractivity contribution in [3.8, 4) is 0 Å². The minimum Gasteiger partial charge on any atom is -0.390 e. The van der Waals surface area contributed by atoms with Gasteiger partial charge in [-0.3, -0.25) is 9.80 Å². The molecule has 0 spiro atoms. The van der Waals surface area contributed by atoms with E-state index in [0.717, 1.165) is 70.6 Å². The molecule has 24 heavy (non-hydrogen) atoms. The van der Waals surface area contributed by atoms with Crippen LogP contribution in [0, 0.1) is 12.8 Å². The van der Waals surface area contributed by atoms with Crippen molar-refractivity contribution in [3.63, 3.8) is 0 Å². The molecule has 0 bridgehead atoms. The summed E-state index contributed by atoms with van der Waals surface area (Å²) in [6.45, 7) is 12.7. The summed E-state index contributed by atoms with van der Waals surface area (Å²) >= 11 is 0. The first-order valence-electron chi connectivity index (χ1n) is 9.23. The van der Waals surface area contributed by atoms with Crippen molar-refractivity contribution in [1.82, 2.24) is 24.8 Å². The predicted octanol–water partition coefficient (Wildman–Crippen LogP) is 0.588. The summed E-state index contributed by atoms with van der Waals surface area (Å²) < 4.78 is 5.02. The van der Waals surface area contributed by atoms with Crippen molar-refractivity contribution >= 4 is 0 Å². The molecule has 2 aliphatic rings. The van der Waals surface area contributed by atoms with Gasteiger partial charge in [-0.2, -0.15) is 4.98 Å². The third kappa shape index (κ3) is 5.24. The lowest BCUT2D eigenvalue weighted by Crippen LogP contribution is -2.50. The third-order valence-corrected chi connectivity index (χ3v) is 5.21. The first kappa shape index (κ1) is 17.8. The lowest BCUT2D eigenvalue weighted by atomic mass is 9.99. The number of rotatable bonds is 6. The van der Waals surface area contributed by atoms with Crippen molar-refractivity contribution in [2.24, 2.45) is 5.92 Å². The molecule has 7 heteroatoms. The van der Waals surface area contributed by atoms with Crippen LogP contribution in [-0.4, -0.2) is 88.4 Å². The molecule has 3 rings (SSSR count). The lowest BCUT2D eigenvalue weighted by molar-refractivity contribution is 0.0410. The number of likely N-dealkylation sites (tertiary alicyclic amines) is 1. The van der Waals surface area contributed by atoms with Crippen molar-refractivity contribution < 1.29 is 9.63 Å². The maximum absolute atomic E-state index is 10.4. The smallest absolute Gasteiger partial charge is 0.223 e. The fraction of sp³-hybridized carbons (Fsp3) is 0.882. The van der Waals surface area contributed by atoms with Crippen LogP contribution in [0.3, 0.4) is 0 Å². The molecule has 0 radical (unpaired) electrons. The maximum Gasteiger partial charge on any atom is 0.223 e. The summed E-state index contributed by atoms with van der Waals surface area (Å²) in [5.74, 6) is 2.23. The van der Waals surface area contributed by atoms with Gasteiger partial charge in [-0.25, -0.2) is 0 Å². The van der Waals surface area contributed by atoms with Crippen LogP contribution in [0.15, 0.2) is 4.52 Å². The van der Waals surface area contributed by atoms with Crippen LogP contribution in [0.5, 0.6) is 0 Å². The number of hydrogen-bond donors (Lipinski definition) is 1. The maximum atomic E-state index is 10.4. The number of piperidine rings is 1. The summed E-state index contributed by atoms with van der Waals surface area (Å²) in [6.07, 6.45) is 2.28. The summed E-state index contributed by atoms with van der Waals surface area (Å²) in [5, 5.41) is 14.4. The molecule has 136 valence electrons. The topological polar surface area (TPSA) is 68.9 Å². The second kappa shape index (κ2) is 8.38. The average molecular weight is 337 g/mol. The Hall–Kier alpha value is -1.02. The average Bonchev–Trinajstić information content (AvgIpc) is 2.96. The zero-order chi connectivity index (χ0) is 16.9. The molecule has 1 aromatic rings. The van der Waals surface area contributed by atoms with Crippen molar-refractivity contribution in [1.29, 1.82) is 0 Å². The fourth-order valence-electron chi connectivity index (χ4n) is 3.63. The monoisotopic (exact) mass is 337 g/mol. The minimum absolute atomic E-state index is 0.246. The molecule has 1 N–H and O–H groups in total. The highest BCUT2D eigenvalue weighted by atomic mass is 16.5. The molecule has 7 nitrogen and oxygen atoms in total. The van der Waals surface area contributed by atoms with Gasteiger partial charge in [0.05, 0.1) is 12.6 Å². The summed E-state index contributed by atoms with van der Waals surface area (Å²) in [7, 11) is 0. The number of aromatic nitrogens is 2. The molecular formula is C17H31N5O2. The van der Waals surface area contributed by atoms with Crippen LogP contribution in [0.1, 0.15) is 31.5 Å². The van der Waals surface area contributed by atoms with E-state index in [1.54, 1.807) is 0 Å². The number of aryl methyl sites for hydroxylation is 1. The largest absolute Gasteiger partial charge is 0.390 e. The standard InChI is InChI=1S/C17H31N5O2/c1-14-3-5-20(6-4-14)11-16(23)12-21-7-9-22(10-8-21)13-17-18-15(2)24-19-17/h14,16,23H,3-13H2,1-2H3. The molecule has 0 saturated carbocycles. The van der Waals surface area contributed by atoms with Crippen molar-refractivity contribution in [2.75, 3.05) is 52.4 Å². The van der Waals surface area contributed by atoms with E-state index in [9.17, 15) is 5.11 Å². The van der Waals surface area contributed by atoms with Gasteiger partial charge in [0.25, 0.3) is 0 Å². The van der Waals surface area contributed by atoms with Gasteiger partial charge in [0.15, 0.2) is 5.82 Å². The zero-order valence-corrected chi connectivity index (χ0v) is 15.0. The Balaban J connectivity index is 1.34. The third-order valence-electron chi connectivity index (χ3n) is 5.21. The van der Waals surface area contributed by atoms with Crippen LogP contribution in [0.25, 0.3) is 0 Å². The normalized spacial score (nSPS) is 23.6. The van der Waals surface area contributed by atoms with Crippen LogP contribution in [-0.2, 0) is 6.54 Å². The lowest BCUT2D eigenvalue weighted by Gasteiger charge is -2.36. The van der Waals surface area contributed by atoms with Crippen molar-refractivity contribution in [2.45, 2.75) is 39.3 Å². The van der Waals surface area contributed by atoms with Crippen LogP contribution < -0.4 is 0 Å². The summed E-state index contributed by atoms with van der Waals surface area (Å²) in [4.78, 5) is 11.4. The van der Waals surface area contributed by atoms with Gasteiger partial charge in [0.1, 0.15) is 0 Å². The van der Waals surface area contributed by atoms with E-state index in [1.165, 1.54) is 12.8 Å². The molecule has 0 aliphatic carbocycles. The van der Waals surface area contributed by atoms with Crippen molar-refractivity contribution in [3.05, 3.63) is 11.7 Å². The van der Waals surface area contributed by atoms with Gasteiger partial charge in [-0.1, -0.05) is 12.1 Å². The zero-order valence-electron chi connectivity index (χ0n) is 15.0. The molecule has 0 aromatic carbocycles. The molecule has 2 aliphatic heterocycles.